The second-order valence-corrected chi connectivity index (χ2v) is 6.23. The van der Waals surface area contributed by atoms with Gasteiger partial charge in [0.15, 0.2) is 0 Å². The molecule has 27 heavy (non-hydrogen) atoms. The molecule has 1 aliphatic rings. The molecule has 0 atom stereocenters. The standard InChI is InChI=1S/C20H20N2O5/c1-13-3-8-17(26-2)16(9-13)12-27-19(24)15-6-4-14(5-7-15)11-22-18(23)10-21-20(22)25/h3-9H,10-12H2,1-2H3,(H,21,25). The second kappa shape index (κ2) is 7.90. The van der Waals surface area contributed by atoms with Crippen molar-refractivity contribution in [3.05, 3.63) is 64.7 Å². The van der Waals surface area contributed by atoms with Gasteiger partial charge in [0.25, 0.3) is 0 Å². The summed E-state index contributed by atoms with van der Waals surface area (Å²) in [7, 11) is 1.57. The van der Waals surface area contributed by atoms with Crippen LogP contribution in [0, 0.1) is 6.92 Å². The lowest BCUT2D eigenvalue weighted by molar-refractivity contribution is -0.125. The van der Waals surface area contributed by atoms with Crippen LogP contribution in [0.4, 0.5) is 4.79 Å². The Labute approximate surface area is 156 Å². The van der Waals surface area contributed by atoms with Crippen molar-refractivity contribution in [1.29, 1.82) is 0 Å². The molecule has 1 heterocycles. The number of carbonyl (C=O) groups excluding carboxylic acids is 3. The number of ether oxygens (including phenoxy) is 2. The van der Waals surface area contributed by atoms with Crippen molar-refractivity contribution in [2.75, 3.05) is 13.7 Å². The van der Waals surface area contributed by atoms with Crippen molar-refractivity contribution in [2.24, 2.45) is 0 Å². The highest BCUT2D eigenvalue weighted by molar-refractivity contribution is 6.01. The Kier molecular flexibility index (Phi) is 5.40. The fourth-order valence-electron chi connectivity index (χ4n) is 2.79. The first-order chi connectivity index (χ1) is 13.0. The number of carbonyl (C=O) groups is 3. The molecule has 140 valence electrons. The van der Waals surface area contributed by atoms with Crippen LogP contribution in [0.25, 0.3) is 0 Å². The fraction of sp³-hybridized carbons (Fsp3) is 0.250. The third kappa shape index (κ3) is 4.25. The van der Waals surface area contributed by atoms with Crippen molar-refractivity contribution in [2.45, 2.75) is 20.1 Å². The van der Waals surface area contributed by atoms with E-state index in [1.807, 2.05) is 25.1 Å². The lowest BCUT2D eigenvalue weighted by Crippen LogP contribution is -2.30. The first kappa shape index (κ1) is 18.4. The zero-order valence-corrected chi connectivity index (χ0v) is 15.2. The molecule has 0 radical (unpaired) electrons. The number of rotatable bonds is 6. The van der Waals surface area contributed by atoms with Crippen molar-refractivity contribution >= 4 is 17.9 Å². The molecule has 0 spiro atoms. The molecule has 0 saturated carbocycles. The molecule has 3 amide bonds. The predicted molar refractivity (Wildman–Crippen MR) is 97.2 cm³/mol. The van der Waals surface area contributed by atoms with Gasteiger partial charge in [0.1, 0.15) is 12.4 Å². The number of aryl methyl sites for hydroxylation is 1. The minimum absolute atomic E-state index is 0.0195. The number of nitrogens with zero attached hydrogens (tertiary/aromatic N) is 1. The summed E-state index contributed by atoms with van der Waals surface area (Å²) in [5, 5.41) is 2.47. The largest absolute Gasteiger partial charge is 0.496 e. The summed E-state index contributed by atoms with van der Waals surface area (Å²) in [5.74, 6) is -0.0620. The third-order valence-electron chi connectivity index (χ3n) is 4.26. The van der Waals surface area contributed by atoms with E-state index in [9.17, 15) is 14.4 Å². The molecule has 1 aliphatic heterocycles. The maximum Gasteiger partial charge on any atom is 0.338 e. The molecule has 7 heteroatoms. The van der Waals surface area contributed by atoms with Crippen molar-refractivity contribution in [1.82, 2.24) is 10.2 Å². The van der Waals surface area contributed by atoms with Crippen LogP contribution in [0.3, 0.4) is 0 Å². The number of hydrogen-bond donors (Lipinski definition) is 1. The Hall–Kier alpha value is -3.35. The molecule has 1 saturated heterocycles. The van der Waals surface area contributed by atoms with E-state index in [0.717, 1.165) is 21.6 Å². The minimum atomic E-state index is -0.458. The minimum Gasteiger partial charge on any atom is -0.496 e. The van der Waals surface area contributed by atoms with Crippen molar-refractivity contribution in [3.8, 4) is 5.75 Å². The number of hydrogen-bond acceptors (Lipinski definition) is 5. The van der Waals surface area contributed by atoms with E-state index in [0.29, 0.717) is 11.3 Å². The molecule has 0 aliphatic carbocycles. The monoisotopic (exact) mass is 368 g/mol. The molecule has 7 nitrogen and oxygen atoms in total. The number of nitrogens with one attached hydrogen (secondary N) is 1. The zero-order valence-electron chi connectivity index (χ0n) is 15.2. The smallest absolute Gasteiger partial charge is 0.338 e. The quantitative estimate of drug-likeness (QED) is 0.625. The normalized spacial score (nSPS) is 13.5. The number of imide groups is 1. The Morgan fingerprint density at radius 1 is 1.15 bits per heavy atom. The molecular formula is C20H20N2O5. The van der Waals surface area contributed by atoms with Crippen LogP contribution in [0.2, 0.25) is 0 Å². The topological polar surface area (TPSA) is 84.9 Å². The van der Waals surface area contributed by atoms with Gasteiger partial charge in [-0.15, -0.1) is 0 Å². The van der Waals surface area contributed by atoms with Gasteiger partial charge >= 0.3 is 12.0 Å². The van der Waals surface area contributed by atoms with E-state index in [1.165, 1.54) is 0 Å². The molecule has 1 fully saturated rings. The van der Waals surface area contributed by atoms with Crippen molar-refractivity contribution in [3.63, 3.8) is 0 Å². The lowest BCUT2D eigenvalue weighted by atomic mass is 10.1. The van der Waals surface area contributed by atoms with Gasteiger partial charge in [-0.3, -0.25) is 9.69 Å². The van der Waals surface area contributed by atoms with Crippen LogP contribution >= 0.6 is 0 Å². The average Bonchev–Trinajstić information content (AvgIpc) is 2.99. The lowest BCUT2D eigenvalue weighted by Gasteiger charge is -2.13. The van der Waals surface area contributed by atoms with Gasteiger partial charge in [0.2, 0.25) is 5.91 Å². The SMILES string of the molecule is COc1ccc(C)cc1COC(=O)c1ccc(CN2C(=O)CNC2=O)cc1. The molecule has 3 rings (SSSR count). The molecule has 0 unspecified atom stereocenters. The molecule has 1 N–H and O–H groups in total. The predicted octanol–water partition coefficient (Wildman–Crippen LogP) is 2.41. The Morgan fingerprint density at radius 2 is 1.89 bits per heavy atom. The van der Waals surface area contributed by atoms with Gasteiger partial charge < -0.3 is 14.8 Å². The van der Waals surface area contributed by atoms with Gasteiger partial charge in [-0.1, -0.05) is 23.8 Å². The molecule has 2 aromatic carbocycles. The van der Waals surface area contributed by atoms with Gasteiger partial charge in [-0.25, -0.2) is 9.59 Å². The molecule has 2 aromatic rings. The van der Waals surface area contributed by atoms with Crippen LogP contribution in [0.15, 0.2) is 42.5 Å². The Morgan fingerprint density at radius 3 is 2.52 bits per heavy atom. The molecular weight excluding hydrogens is 348 g/mol. The van der Waals surface area contributed by atoms with E-state index in [-0.39, 0.29) is 25.6 Å². The number of methoxy groups -OCH3 is 1. The summed E-state index contributed by atoms with van der Waals surface area (Å²) in [5.41, 5.74) is 2.98. The van der Waals surface area contributed by atoms with Crippen LogP contribution in [-0.4, -0.2) is 36.5 Å². The number of esters is 1. The maximum absolute atomic E-state index is 12.3. The zero-order chi connectivity index (χ0) is 19.4. The van der Waals surface area contributed by atoms with E-state index in [1.54, 1.807) is 31.4 Å². The highest BCUT2D eigenvalue weighted by Gasteiger charge is 2.28. The average molecular weight is 368 g/mol. The Bertz CT molecular complexity index is 860. The van der Waals surface area contributed by atoms with E-state index < -0.39 is 12.0 Å². The summed E-state index contributed by atoms with van der Waals surface area (Å²) < 4.78 is 10.7. The molecule has 0 bridgehead atoms. The van der Waals surface area contributed by atoms with Crippen LogP contribution < -0.4 is 10.1 Å². The third-order valence-corrected chi connectivity index (χ3v) is 4.26. The van der Waals surface area contributed by atoms with Crippen LogP contribution in [0.1, 0.15) is 27.0 Å². The van der Waals surface area contributed by atoms with Gasteiger partial charge in [-0.05, 0) is 36.8 Å². The molecule has 0 aromatic heterocycles. The second-order valence-electron chi connectivity index (χ2n) is 6.23. The number of amides is 3. The first-order valence-electron chi connectivity index (χ1n) is 8.45. The maximum atomic E-state index is 12.3. The summed E-state index contributed by atoms with van der Waals surface area (Å²) in [4.78, 5) is 36.6. The van der Waals surface area contributed by atoms with Crippen LogP contribution in [0.5, 0.6) is 5.75 Å². The highest BCUT2D eigenvalue weighted by Crippen LogP contribution is 2.21. The summed E-state index contributed by atoms with van der Waals surface area (Å²) in [6, 6.07) is 11.9. The summed E-state index contributed by atoms with van der Waals surface area (Å²) in [6.07, 6.45) is 0. The van der Waals surface area contributed by atoms with Gasteiger partial charge in [0, 0.05) is 5.56 Å². The van der Waals surface area contributed by atoms with E-state index >= 15 is 0 Å². The van der Waals surface area contributed by atoms with Gasteiger partial charge in [-0.2, -0.15) is 0 Å². The van der Waals surface area contributed by atoms with E-state index in [4.69, 9.17) is 9.47 Å². The highest BCUT2D eigenvalue weighted by atomic mass is 16.5. The first-order valence-corrected chi connectivity index (χ1v) is 8.45. The van der Waals surface area contributed by atoms with Gasteiger partial charge in [0.05, 0.1) is 25.8 Å². The van der Waals surface area contributed by atoms with Crippen molar-refractivity contribution < 1.29 is 23.9 Å². The Balaban J connectivity index is 1.62. The summed E-state index contributed by atoms with van der Waals surface area (Å²) >= 11 is 0. The summed E-state index contributed by atoms with van der Waals surface area (Å²) in [6.45, 7) is 2.24. The van der Waals surface area contributed by atoms with Crippen LogP contribution in [-0.2, 0) is 22.7 Å². The van der Waals surface area contributed by atoms with E-state index in [2.05, 4.69) is 5.32 Å². The number of urea groups is 1. The number of benzene rings is 2. The fourth-order valence-corrected chi connectivity index (χ4v) is 2.79.